The molecule has 3 atom stereocenters. The van der Waals surface area contributed by atoms with Crippen molar-refractivity contribution in [3.63, 3.8) is 0 Å². The smallest absolute Gasteiger partial charge is 0.276 e. The first-order chi connectivity index (χ1) is 18.9. The highest BCUT2D eigenvalue weighted by molar-refractivity contribution is 7.80. The number of rotatable bonds is 2. The van der Waals surface area contributed by atoms with Gasteiger partial charge in [0, 0.05) is 29.7 Å². The highest BCUT2D eigenvalue weighted by Gasteiger charge is 2.62. The highest BCUT2D eigenvalue weighted by Crippen LogP contribution is 2.51. The summed E-state index contributed by atoms with van der Waals surface area (Å²) >= 11 is 4.12. The molecule has 3 aliphatic rings. The first-order valence-corrected chi connectivity index (χ1v) is 12.5. The van der Waals surface area contributed by atoms with E-state index < -0.39 is 81.7 Å². The van der Waals surface area contributed by atoms with E-state index in [1.54, 1.807) is 0 Å². The van der Waals surface area contributed by atoms with E-state index in [1.165, 1.54) is 54.3 Å². The van der Waals surface area contributed by atoms with Crippen LogP contribution in [0.25, 0.3) is 5.76 Å². The zero-order chi connectivity index (χ0) is 29.1. The Kier molecular flexibility index (Phi) is 6.43. The number of aromatic hydroxyl groups is 1. The second-order valence-electron chi connectivity index (χ2n) is 9.67. The molecule has 0 aromatic heterocycles. The van der Waals surface area contributed by atoms with Crippen LogP contribution in [0.5, 0.6) is 5.75 Å². The van der Waals surface area contributed by atoms with Gasteiger partial charge in [0.2, 0.25) is 11.7 Å². The van der Waals surface area contributed by atoms with Crippen LogP contribution in [0.15, 0.2) is 64.3 Å². The summed E-state index contributed by atoms with van der Waals surface area (Å²) in [4.78, 5) is 66.4. The fourth-order valence-electron chi connectivity index (χ4n) is 5.54. The van der Waals surface area contributed by atoms with Crippen molar-refractivity contribution in [3.05, 3.63) is 70.5 Å². The summed E-state index contributed by atoms with van der Waals surface area (Å²) in [6.07, 6.45) is -0.797. The van der Waals surface area contributed by atoms with E-state index in [9.17, 15) is 44.4 Å². The number of phenols is 1. The van der Waals surface area contributed by atoms with Crippen LogP contribution >= 0.6 is 12.6 Å². The van der Waals surface area contributed by atoms with Gasteiger partial charge in [0.15, 0.2) is 11.4 Å². The maximum Gasteiger partial charge on any atom is 0.276 e. The van der Waals surface area contributed by atoms with Gasteiger partial charge < -0.3 is 25.3 Å². The molecule has 5 rings (SSSR count). The minimum atomic E-state index is -2.81. The number of nitrogens with one attached hydrogen (secondary N) is 2. The number of aliphatic hydroxyl groups is 3. The summed E-state index contributed by atoms with van der Waals surface area (Å²) in [6.45, 7) is 1.21. The van der Waals surface area contributed by atoms with E-state index in [0.29, 0.717) is 4.90 Å². The molecule has 1 saturated carbocycles. The number of hydrogen-bond donors (Lipinski definition) is 7. The minimum Gasteiger partial charge on any atom is -0.508 e. The third-order valence-electron chi connectivity index (χ3n) is 7.40. The topological polar surface area (TPSA) is 194 Å². The number of ketones is 2. The van der Waals surface area contributed by atoms with Crippen LogP contribution < -0.4 is 15.8 Å². The molecule has 2 aromatic rings. The Morgan fingerprint density at radius 3 is 2.30 bits per heavy atom. The number of benzene rings is 2. The predicted octanol–water partition coefficient (Wildman–Crippen LogP) is 1.25. The Morgan fingerprint density at radius 1 is 1.00 bits per heavy atom. The Hall–Kier alpha value is -4.62. The van der Waals surface area contributed by atoms with Gasteiger partial charge in [-0.25, -0.2) is 0 Å². The van der Waals surface area contributed by atoms with Gasteiger partial charge in [-0.1, -0.05) is 6.07 Å². The van der Waals surface area contributed by atoms with Crippen LogP contribution in [0.2, 0.25) is 0 Å². The van der Waals surface area contributed by atoms with Gasteiger partial charge in [-0.05, 0) is 42.8 Å². The lowest BCUT2D eigenvalue weighted by molar-refractivity contribution is -0.146. The van der Waals surface area contributed by atoms with Crippen LogP contribution in [-0.2, 0) is 19.2 Å². The van der Waals surface area contributed by atoms with E-state index in [1.807, 2.05) is 5.43 Å². The lowest BCUT2D eigenvalue weighted by Crippen LogP contribution is -2.62. The number of carbonyl (C=O) groups excluding carboxylic acids is 5. The molecule has 40 heavy (non-hydrogen) atoms. The maximum absolute atomic E-state index is 13.8. The molecule has 1 aliphatic heterocycles. The lowest BCUT2D eigenvalue weighted by Gasteiger charge is -2.49. The Balaban J connectivity index is 1.52. The maximum atomic E-state index is 13.8. The predicted molar refractivity (Wildman–Crippen MR) is 141 cm³/mol. The molecule has 12 nitrogen and oxygen atoms in total. The summed E-state index contributed by atoms with van der Waals surface area (Å²) in [5, 5.41) is 44.0. The normalized spacial score (nSPS) is 23.7. The van der Waals surface area contributed by atoms with Crippen molar-refractivity contribution < 1.29 is 44.4 Å². The lowest BCUT2D eigenvalue weighted by atomic mass is 9.62. The zero-order valence-electron chi connectivity index (χ0n) is 20.8. The summed E-state index contributed by atoms with van der Waals surface area (Å²) in [6, 6.07) is 8.96. The van der Waals surface area contributed by atoms with Crippen molar-refractivity contribution in [1.82, 2.24) is 10.9 Å². The Bertz CT molecular complexity index is 1580. The first-order valence-electron chi connectivity index (χ1n) is 12.1. The number of anilines is 1. The van der Waals surface area contributed by atoms with Crippen LogP contribution in [-0.4, -0.2) is 61.4 Å². The van der Waals surface area contributed by atoms with E-state index in [2.05, 4.69) is 18.1 Å². The fraction of sp³-hybridized carbons (Fsp3) is 0.222. The monoisotopic (exact) mass is 565 g/mol. The molecule has 1 fully saturated rings. The molecule has 2 aromatic carbocycles. The quantitative estimate of drug-likeness (QED) is 0.159. The second kappa shape index (κ2) is 9.54. The Morgan fingerprint density at radius 2 is 1.65 bits per heavy atom. The average Bonchev–Trinajstić information content (AvgIpc) is 2.89. The van der Waals surface area contributed by atoms with Crippen molar-refractivity contribution in [1.29, 1.82) is 0 Å². The van der Waals surface area contributed by atoms with Crippen LogP contribution in [0.1, 0.15) is 35.7 Å². The molecule has 0 radical (unpaired) electrons. The number of Topliss-reactive ketones (excluding diaryl/α,β-unsaturated/α-hetero) is 2. The molecule has 13 heteroatoms. The molecule has 1 heterocycles. The molecule has 206 valence electrons. The number of hydrogen-bond acceptors (Lipinski definition) is 10. The van der Waals surface area contributed by atoms with Gasteiger partial charge in [0.1, 0.15) is 22.8 Å². The van der Waals surface area contributed by atoms with Crippen molar-refractivity contribution >= 4 is 53.4 Å². The molecular weight excluding hydrogens is 542 g/mol. The number of hydrazine groups is 1. The van der Waals surface area contributed by atoms with E-state index in [4.69, 9.17) is 0 Å². The van der Waals surface area contributed by atoms with Gasteiger partial charge in [0.25, 0.3) is 11.8 Å². The number of amides is 3. The molecule has 0 saturated heterocycles. The van der Waals surface area contributed by atoms with Gasteiger partial charge in [0.05, 0.1) is 22.9 Å². The Labute approximate surface area is 232 Å². The van der Waals surface area contributed by atoms with Gasteiger partial charge >= 0.3 is 0 Å². The fourth-order valence-corrected chi connectivity index (χ4v) is 5.69. The number of nitrogens with zero attached hydrogens (tertiary/aromatic N) is 1. The first kappa shape index (κ1) is 27.0. The zero-order valence-corrected chi connectivity index (χ0v) is 21.7. The number of thiol groups is 1. The van der Waals surface area contributed by atoms with Crippen LogP contribution in [0, 0.1) is 5.92 Å². The van der Waals surface area contributed by atoms with Crippen molar-refractivity contribution in [2.75, 3.05) is 4.90 Å². The van der Waals surface area contributed by atoms with Crippen LogP contribution in [0.4, 0.5) is 5.69 Å². The molecule has 3 unspecified atom stereocenters. The number of carbonyl (C=O) groups is 5. The third-order valence-corrected chi connectivity index (χ3v) is 7.70. The number of fused-ring (bicyclic) bond motifs is 3. The number of phenolic OH excluding ortho intramolecular Hbond substituents is 1. The van der Waals surface area contributed by atoms with Gasteiger partial charge in [-0.2, -0.15) is 0 Å². The molecule has 6 N–H and O–H groups in total. The van der Waals surface area contributed by atoms with Crippen molar-refractivity contribution in [2.45, 2.75) is 36.3 Å². The molecule has 0 bridgehead atoms. The van der Waals surface area contributed by atoms with E-state index in [-0.39, 0.29) is 23.2 Å². The minimum absolute atomic E-state index is 0.124. The second-order valence-corrected chi connectivity index (χ2v) is 10.2. The summed E-state index contributed by atoms with van der Waals surface area (Å²) < 4.78 is 0. The standard InChI is InChI=1S/C27H23N3O9S/c1-11(31)30-15-3-2-4-17(32)19(15)22(34)20-16(30)9-13-10-18(33)21(24(36)27(13,39)23(20)35)26(38)29-28-25(37)12-5-7-14(40)8-6-12/h2-8,13,16,32,34,36,39-40H,9-10H2,1H3,(H,28,37)(H,29,38). The highest BCUT2D eigenvalue weighted by atomic mass is 32.1. The van der Waals surface area contributed by atoms with Crippen LogP contribution in [0.3, 0.4) is 0 Å². The molecule has 0 spiro atoms. The largest absolute Gasteiger partial charge is 0.508 e. The van der Waals surface area contributed by atoms with E-state index in [0.717, 1.165) is 0 Å². The van der Waals surface area contributed by atoms with Gasteiger partial charge in [-0.3, -0.25) is 34.8 Å². The SMILES string of the molecule is CC(=O)N1c2cccc(O)c2C(O)=C2C(=O)C3(O)C(O)=C(C(=O)NNC(=O)c4ccc(S)cc4)C(=O)CC3CC21. The molecular formula is C27H23N3O9S. The van der Waals surface area contributed by atoms with Gasteiger partial charge in [-0.15, -0.1) is 12.6 Å². The van der Waals surface area contributed by atoms with Crippen molar-refractivity contribution in [3.8, 4) is 5.75 Å². The summed E-state index contributed by atoms with van der Waals surface area (Å²) in [5.74, 6) is -8.38. The van der Waals surface area contributed by atoms with Crippen molar-refractivity contribution in [2.24, 2.45) is 5.92 Å². The summed E-state index contributed by atoms with van der Waals surface area (Å²) in [5.41, 5.74) is -0.0824. The third kappa shape index (κ3) is 3.93. The molecule has 2 aliphatic carbocycles. The average molecular weight is 566 g/mol. The number of aliphatic hydroxyl groups excluding tert-OH is 2. The van der Waals surface area contributed by atoms with E-state index >= 15 is 0 Å². The molecule has 3 amide bonds. The summed E-state index contributed by atoms with van der Waals surface area (Å²) in [7, 11) is 0.